The molecule has 1 atom stereocenters. The molecule has 0 saturated heterocycles. The van der Waals surface area contributed by atoms with Gasteiger partial charge in [0.25, 0.3) is 0 Å². The van der Waals surface area contributed by atoms with E-state index in [-0.39, 0.29) is 48.0 Å². The van der Waals surface area contributed by atoms with Gasteiger partial charge in [0.2, 0.25) is 5.91 Å². The molecule has 0 radical (unpaired) electrons. The average Bonchev–Trinajstić information content (AvgIpc) is 3.18. The van der Waals surface area contributed by atoms with Gasteiger partial charge in [-0.2, -0.15) is 0 Å². The number of hydrogen-bond donors (Lipinski definition) is 1. The van der Waals surface area contributed by atoms with Gasteiger partial charge in [0.05, 0.1) is 18.2 Å². The SMILES string of the molecule is CCCC1CN(CC(=O)c2ccc(NC(=O)C(CC)CC)cc2F)C(C2=C(C)C=CC(=O)C2)=N1. The minimum Gasteiger partial charge on any atom is -0.347 e. The van der Waals surface area contributed by atoms with Crippen LogP contribution in [-0.4, -0.2) is 47.3 Å². The number of Topliss-reactive ketones (excluding diaryl/α,β-unsaturated/α-hetero) is 1. The molecule has 1 aromatic rings. The number of halogens is 1. The van der Waals surface area contributed by atoms with Crippen LogP contribution in [0.25, 0.3) is 0 Å². The van der Waals surface area contributed by atoms with Crippen molar-refractivity contribution in [2.24, 2.45) is 10.9 Å². The van der Waals surface area contributed by atoms with Gasteiger partial charge in [-0.05, 0) is 56.0 Å². The van der Waals surface area contributed by atoms with Crippen molar-refractivity contribution in [3.8, 4) is 0 Å². The van der Waals surface area contributed by atoms with Gasteiger partial charge in [-0.25, -0.2) is 4.39 Å². The number of amides is 1. The maximum atomic E-state index is 14.9. The summed E-state index contributed by atoms with van der Waals surface area (Å²) >= 11 is 0. The quantitative estimate of drug-likeness (QED) is 0.485. The van der Waals surface area contributed by atoms with E-state index in [2.05, 4.69) is 12.2 Å². The molecule has 7 heteroatoms. The minimum absolute atomic E-state index is 0.00517. The number of amidine groups is 1. The lowest BCUT2D eigenvalue weighted by Gasteiger charge is -2.24. The molecule has 1 aliphatic carbocycles. The van der Waals surface area contributed by atoms with Gasteiger partial charge in [0, 0.05) is 30.1 Å². The van der Waals surface area contributed by atoms with E-state index in [1.165, 1.54) is 12.1 Å². The second-order valence-corrected chi connectivity index (χ2v) is 9.03. The van der Waals surface area contributed by atoms with Gasteiger partial charge in [-0.3, -0.25) is 19.4 Å². The molecule has 1 unspecified atom stereocenters. The van der Waals surface area contributed by atoms with E-state index < -0.39 is 5.82 Å². The van der Waals surface area contributed by atoms with Gasteiger partial charge in [0.1, 0.15) is 11.7 Å². The van der Waals surface area contributed by atoms with E-state index in [9.17, 15) is 18.8 Å². The first kappa shape index (κ1) is 25.5. The van der Waals surface area contributed by atoms with Crippen molar-refractivity contribution in [1.29, 1.82) is 0 Å². The molecule has 6 nitrogen and oxygen atoms in total. The standard InChI is InChI=1S/C27H34FN3O3/c1-5-8-20-15-31(26(29-20)23-14-21(32)11-9-17(23)4)16-25(33)22-12-10-19(13-24(22)28)30-27(34)18(6-2)7-3/h9-13,18,20H,5-8,14-16H2,1-4H3,(H,30,34). The molecule has 0 fully saturated rings. The Bertz CT molecular complexity index is 1050. The fourth-order valence-corrected chi connectivity index (χ4v) is 4.46. The zero-order valence-corrected chi connectivity index (χ0v) is 20.5. The summed E-state index contributed by atoms with van der Waals surface area (Å²) in [5.41, 5.74) is 2.10. The molecule has 1 amide bonds. The van der Waals surface area contributed by atoms with E-state index in [4.69, 9.17) is 4.99 Å². The third-order valence-electron chi connectivity index (χ3n) is 6.50. The molecule has 1 N–H and O–H groups in total. The third-order valence-corrected chi connectivity index (χ3v) is 6.50. The van der Waals surface area contributed by atoms with Crippen molar-refractivity contribution < 1.29 is 18.8 Å². The molecular formula is C27H34FN3O3. The van der Waals surface area contributed by atoms with Crippen molar-refractivity contribution in [2.75, 3.05) is 18.4 Å². The maximum absolute atomic E-state index is 14.9. The second-order valence-electron chi connectivity index (χ2n) is 9.03. The first-order valence-electron chi connectivity index (χ1n) is 12.1. The Hall–Kier alpha value is -3.09. The van der Waals surface area contributed by atoms with Gasteiger partial charge < -0.3 is 10.2 Å². The summed E-state index contributed by atoms with van der Waals surface area (Å²) in [5, 5.41) is 2.74. The highest BCUT2D eigenvalue weighted by Crippen LogP contribution is 2.26. The summed E-state index contributed by atoms with van der Waals surface area (Å²) < 4.78 is 14.9. The fraction of sp³-hybridized carbons (Fsp3) is 0.481. The Balaban J connectivity index is 1.77. The number of ketones is 2. The Labute approximate surface area is 201 Å². The van der Waals surface area contributed by atoms with E-state index in [1.54, 1.807) is 18.2 Å². The largest absolute Gasteiger partial charge is 0.347 e. The second kappa shape index (κ2) is 11.4. The molecule has 0 spiro atoms. The number of carbonyl (C=O) groups is 3. The topological polar surface area (TPSA) is 78.8 Å². The minimum atomic E-state index is -0.665. The highest BCUT2D eigenvalue weighted by atomic mass is 19.1. The summed E-state index contributed by atoms with van der Waals surface area (Å²) in [6.45, 7) is 8.43. The van der Waals surface area contributed by atoms with Crippen molar-refractivity contribution in [3.63, 3.8) is 0 Å². The number of nitrogens with one attached hydrogen (secondary N) is 1. The Morgan fingerprint density at radius 2 is 1.94 bits per heavy atom. The van der Waals surface area contributed by atoms with E-state index in [0.717, 1.165) is 24.0 Å². The van der Waals surface area contributed by atoms with Crippen molar-refractivity contribution in [3.05, 3.63) is 52.9 Å². The molecule has 1 aromatic carbocycles. The lowest BCUT2D eigenvalue weighted by molar-refractivity contribution is -0.120. The number of rotatable bonds is 10. The first-order valence-corrected chi connectivity index (χ1v) is 12.1. The summed E-state index contributed by atoms with van der Waals surface area (Å²) in [5.74, 6) is -0.643. The summed E-state index contributed by atoms with van der Waals surface area (Å²) in [6, 6.07) is 4.23. The van der Waals surface area contributed by atoms with Crippen LogP contribution < -0.4 is 5.32 Å². The van der Waals surface area contributed by atoms with Crippen LogP contribution in [0.4, 0.5) is 10.1 Å². The molecule has 1 aliphatic heterocycles. The van der Waals surface area contributed by atoms with Crippen LogP contribution in [-0.2, 0) is 9.59 Å². The summed E-state index contributed by atoms with van der Waals surface area (Å²) in [6.07, 6.45) is 6.85. The molecule has 182 valence electrons. The highest BCUT2D eigenvalue weighted by molar-refractivity contribution is 6.10. The Kier molecular flexibility index (Phi) is 8.53. The van der Waals surface area contributed by atoms with Crippen LogP contribution >= 0.6 is 0 Å². The number of benzene rings is 1. The van der Waals surface area contributed by atoms with Crippen molar-refractivity contribution in [1.82, 2.24) is 4.90 Å². The van der Waals surface area contributed by atoms with Crippen LogP contribution in [0, 0.1) is 11.7 Å². The lowest BCUT2D eigenvalue weighted by atomic mass is 9.96. The first-order chi connectivity index (χ1) is 16.3. The third kappa shape index (κ3) is 5.88. The molecule has 0 saturated carbocycles. The number of aliphatic imine (C=N–C) groups is 1. The average molecular weight is 468 g/mol. The van der Waals surface area contributed by atoms with Gasteiger partial charge >= 0.3 is 0 Å². The predicted octanol–water partition coefficient (Wildman–Crippen LogP) is 5.11. The molecular weight excluding hydrogens is 433 g/mol. The smallest absolute Gasteiger partial charge is 0.227 e. The number of hydrogen-bond acceptors (Lipinski definition) is 5. The van der Waals surface area contributed by atoms with Gasteiger partial charge in [0.15, 0.2) is 11.6 Å². The number of anilines is 1. The van der Waals surface area contributed by atoms with Crippen LogP contribution in [0.2, 0.25) is 0 Å². The van der Waals surface area contributed by atoms with E-state index >= 15 is 0 Å². The summed E-state index contributed by atoms with van der Waals surface area (Å²) in [4.78, 5) is 44.1. The Morgan fingerprint density at radius 3 is 2.59 bits per heavy atom. The normalized spacial score (nSPS) is 18.1. The summed E-state index contributed by atoms with van der Waals surface area (Å²) in [7, 11) is 0. The predicted molar refractivity (Wildman–Crippen MR) is 133 cm³/mol. The molecule has 34 heavy (non-hydrogen) atoms. The van der Waals surface area contributed by atoms with Crippen molar-refractivity contribution in [2.45, 2.75) is 65.8 Å². The van der Waals surface area contributed by atoms with Crippen LogP contribution in [0.5, 0.6) is 0 Å². The fourth-order valence-electron chi connectivity index (χ4n) is 4.46. The number of nitrogens with zero attached hydrogens (tertiary/aromatic N) is 2. The lowest BCUT2D eigenvalue weighted by Crippen LogP contribution is -2.36. The monoisotopic (exact) mass is 467 g/mol. The van der Waals surface area contributed by atoms with E-state index in [1.807, 2.05) is 25.7 Å². The molecule has 0 bridgehead atoms. The van der Waals surface area contributed by atoms with Crippen LogP contribution in [0.15, 0.2) is 46.5 Å². The molecule has 0 aromatic heterocycles. The van der Waals surface area contributed by atoms with Crippen LogP contribution in [0.3, 0.4) is 0 Å². The van der Waals surface area contributed by atoms with E-state index in [0.29, 0.717) is 30.9 Å². The highest BCUT2D eigenvalue weighted by Gasteiger charge is 2.31. The maximum Gasteiger partial charge on any atom is 0.227 e. The van der Waals surface area contributed by atoms with Gasteiger partial charge in [-0.1, -0.05) is 33.3 Å². The zero-order valence-electron chi connectivity index (χ0n) is 20.5. The molecule has 1 heterocycles. The van der Waals surface area contributed by atoms with Gasteiger partial charge in [-0.15, -0.1) is 0 Å². The molecule has 3 rings (SSSR count). The van der Waals surface area contributed by atoms with Crippen molar-refractivity contribution >= 4 is 29.0 Å². The zero-order chi connectivity index (χ0) is 24.8. The number of allylic oxidation sites excluding steroid dienone is 3. The van der Waals surface area contributed by atoms with Crippen LogP contribution in [0.1, 0.15) is 70.2 Å². The Morgan fingerprint density at radius 1 is 1.21 bits per heavy atom. The molecule has 2 aliphatic rings. The number of carbonyl (C=O) groups excluding carboxylic acids is 3.